The number of esters is 1. The Labute approximate surface area is 230 Å². The second-order valence-electron chi connectivity index (χ2n) is 8.94. The standard InChI is InChI=1S/C29H26ClN3O6/c1-16-10-17(2)12-21(11-16)33-18(3)25(29(37)38-4)26(34)24(33)14-22-8-9-23(39-22)15-31-27(35)28(36)32-20-7-5-6-19(30)13-20/h5-14H,15H2,1-4H3,(H,31,35)(H,32,36)/b24-14+. The Morgan fingerprint density at radius 3 is 2.38 bits per heavy atom. The minimum Gasteiger partial charge on any atom is -0.465 e. The molecule has 0 spiro atoms. The van der Waals surface area contributed by atoms with Gasteiger partial charge in [0.25, 0.3) is 0 Å². The summed E-state index contributed by atoms with van der Waals surface area (Å²) in [6, 6.07) is 15.5. The molecule has 0 unspecified atom stereocenters. The summed E-state index contributed by atoms with van der Waals surface area (Å²) in [5.74, 6) is -2.27. The molecule has 0 saturated carbocycles. The van der Waals surface area contributed by atoms with Crippen molar-refractivity contribution in [2.75, 3.05) is 17.3 Å². The maximum Gasteiger partial charge on any atom is 0.343 e. The molecule has 4 rings (SSSR count). The number of ketones is 1. The Balaban J connectivity index is 1.53. The summed E-state index contributed by atoms with van der Waals surface area (Å²) in [5.41, 5.74) is 3.68. The van der Waals surface area contributed by atoms with Crippen molar-refractivity contribution in [3.05, 3.63) is 99.2 Å². The van der Waals surface area contributed by atoms with Crippen LogP contribution in [0.5, 0.6) is 0 Å². The average molecular weight is 548 g/mol. The highest BCUT2D eigenvalue weighted by atomic mass is 35.5. The molecule has 39 heavy (non-hydrogen) atoms. The van der Waals surface area contributed by atoms with Crippen LogP contribution in [-0.2, 0) is 30.5 Å². The van der Waals surface area contributed by atoms with Gasteiger partial charge in [-0.25, -0.2) is 4.79 Å². The van der Waals surface area contributed by atoms with Crippen molar-refractivity contribution >= 4 is 52.6 Å². The molecule has 2 N–H and O–H groups in total. The molecule has 2 heterocycles. The highest BCUT2D eigenvalue weighted by Gasteiger charge is 2.38. The SMILES string of the molecule is COC(=O)C1=C(C)N(c2cc(C)cc(C)c2)/C(=C/c2ccc(CNC(=O)C(=O)Nc3cccc(Cl)c3)o2)C1=O. The number of anilines is 2. The molecular weight excluding hydrogens is 522 g/mol. The lowest BCUT2D eigenvalue weighted by Gasteiger charge is -2.22. The van der Waals surface area contributed by atoms with Gasteiger partial charge in [-0.15, -0.1) is 0 Å². The van der Waals surface area contributed by atoms with Crippen LogP contribution in [0, 0.1) is 13.8 Å². The largest absolute Gasteiger partial charge is 0.465 e. The van der Waals surface area contributed by atoms with E-state index in [-0.39, 0.29) is 17.8 Å². The Kier molecular flexibility index (Phi) is 8.01. The summed E-state index contributed by atoms with van der Waals surface area (Å²) in [5, 5.41) is 5.38. The van der Waals surface area contributed by atoms with Crippen molar-refractivity contribution in [2.24, 2.45) is 0 Å². The normalized spacial score (nSPS) is 14.1. The highest BCUT2D eigenvalue weighted by Crippen LogP contribution is 2.36. The number of amides is 2. The van der Waals surface area contributed by atoms with Crippen LogP contribution in [0.2, 0.25) is 5.02 Å². The number of ether oxygens (including phenoxy) is 1. The summed E-state index contributed by atoms with van der Waals surface area (Å²) in [6.45, 7) is 5.51. The van der Waals surface area contributed by atoms with Gasteiger partial charge in [-0.3, -0.25) is 14.4 Å². The van der Waals surface area contributed by atoms with E-state index in [9.17, 15) is 19.2 Å². The van der Waals surface area contributed by atoms with Gasteiger partial charge in [0.15, 0.2) is 0 Å². The van der Waals surface area contributed by atoms with E-state index < -0.39 is 23.6 Å². The quantitative estimate of drug-likeness (QED) is 0.199. The Hall–Kier alpha value is -4.63. The van der Waals surface area contributed by atoms with E-state index in [1.807, 2.05) is 32.0 Å². The van der Waals surface area contributed by atoms with Gasteiger partial charge in [0.2, 0.25) is 5.78 Å². The summed E-state index contributed by atoms with van der Waals surface area (Å²) < 4.78 is 10.6. The predicted molar refractivity (Wildman–Crippen MR) is 147 cm³/mol. The van der Waals surface area contributed by atoms with Crippen LogP contribution in [0.1, 0.15) is 29.6 Å². The number of methoxy groups -OCH3 is 1. The van der Waals surface area contributed by atoms with Crippen molar-refractivity contribution in [2.45, 2.75) is 27.3 Å². The summed E-state index contributed by atoms with van der Waals surface area (Å²) in [7, 11) is 1.22. The van der Waals surface area contributed by atoms with E-state index in [1.54, 1.807) is 42.2 Å². The molecule has 1 aromatic heterocycles. The van der Waals surface area contributed by atoms with Crippen LogP contribution in [0.4, 0.5) is 11.4 Å². The monoisotopic (exact) mass is 547 g/mol. The van der Waals surface area contributed by atoms with E-state index in [0.717, 1.165) is 11.1 Å². The minimum absolute atomic E-state index is 0.0623. The van der Waals surface area contributed by atoms with Crippen LogP contribution in [0.25, 0.3) is 6.08 Å². The van der Waals surface area contributed by atoms with Crippen molar-refractivity contribution in [1.29, 1.82) is 0 Å². The van der Waals surface area contributed by atoms with Gasteiger partial charge in [0, 0.05) is 28.2 Å². The number of benzene rings is 2. The van der Waals surface area contributed by atoms with Crippen LogP contribution < -0.4 is 15.5 Å². The summed E-state index contributed by atoms with van der Waals surface area (Å²) in [4.78, 5) is 51.9. The number of Topliss-reactive ketones (excluding diaryl/α,β-unsaturated/α-hetero) is 1. The number of nitrogens with one attached hydrogen (secondary N) is 2. The third kappa shape index (κ3) is 6.10. The molecule has 10 heteroatoms. The Morgan fingerprint density at radius 1 is 1.00 bits per heavy atom. The minimum atomic E-state index is -0.860. The molecule has 0 aliphatic carbocycles. The lowest BCUT2D eigenvalue weighted by Crippen LogP contribution is -2.34. The highest BCUT2D eigenvalue weighted by molar-refractivity contribution is 6.39. The Bertz CT molecular complexity index is 1530. The summed E-state index contributed by atoms with van der Waals surface area (Å²) >= 11 is 5.90. The molecule has 2 amide bonds. The second-order valence-corrected chi connectivity index (χ2v) is 9.38. The van der Waals surface area contributed by atoms with E-state index in [0.29, 0.717) is 33.6 Å². The van der Waals surface area contributed by atoms with E-state index in [1.165, 1.54) is 19.3 Å². The number of rotatable bonds is 6. The van der Waals surface area contributed by atoms with Crippen LogP contribution >= 0.6 is 11.6 Å². The van der Waals surface area contributed by atoms with Crippen LogP contribution in [-0.4, -0.2) is 30.7 Å². The van der Waals surface area contributed by atoms with E-state index in [2.05, 4.69) is 10.6 Å². The lowest BCUT2D eigenvalue weighted by atomic mass is 10.1. The topological polar surface area (TPSA) is 118 Å². The molecule has 200 valence electrons. The van der Waals surface area contributed by atoms with Gasteiger partial charge in [0.05, 0.1) is 19.4 Å². The van der Waals surface area contributed by atoms with Gasteiger partial charge in [0.1, 0.15) is 17.1 Å². The number of hydrogen-bond donors (Lipinski definition) is 2. The molecule has 2 aromatic carbocycles. The zero-order chi connectivity index (χ0) is 28.3. The molecule has 0 bridgehead atoms. The first-order valence-corrected chi connectivity index (χ1v) is 12.3. The maximum absolute atomic E-state index is 13.3. The number of allylic oxidation sites excluding steroid dienone is 2. The van der Waals surface area contributed by atoms with Gasteiger partial charge < -0.3 is 24.7 Å². The van der Waals surface area contributed by atoms with Crippen molar-refractivity contribution in [1.82, 2.24) is 5.32 Å². The number of hydrogen-bond acceptors (Lipinski definition) is 7. The number of carbonyl (C=O) groups is 4. The van der Waals surface area contributed by atoms with Crippen molar-refractivity contribution < 1.29 is 28.3 Å². The third-order valence-electron chi connectivity index (χ3n) is 5.93. The second kappa shape index (κ2) is 11.4. The lowest BCUT2D eigenvalue weighted by molar-refractivity contribution is -0.137. The number of furan rings is 1. The zero-order valence-corrected chi connectivity index (χ0v) is 22.5. The van der Waals surface area contributed by atoms with Crippen molar-refractivity contribution in [3.63, 3.8) is 0 Å². The summed E-state index contributed by atoms with van der Waals surface area (Å²) in [6.07, 6.45) is 1.52. The number of aryl methyl sites for hydroxylation is 2. The number of nitrogens with zero attached hydrogens (tertiary/aromatic N) is 1. The van der Waals surface area contributed by atoms with Gasteiger partial charge >= 0.3 is 17.8 Å². The average Bonchev–Trinajstić information content (AvgIpc) is 3.43. The molecule has 0 fully saturated rings. The molecule has 3 aromatic rings. The van der Waals surface area contributed by atoms with E-state index >= 15 is 0 Å². The van der Waals surface area contributed by atoms with Gasteiger partial charge in [-0.1, -0.05) is 23.7 Å². The molecule has 1 aliphatic rings. The fraction of sp³-hybridized carbons (Fsp3) is 0.172. The first kappa shape index (κ1) is 27.4. The molecule has 0 saturated heterocycles. The molecule has 0 radical (unpaired) electrons. The molecule has 0 atom stereocenters. The molecular formula is C29H26ClN3O6. The smallest absolute Gasteiger partial charge is 0.343 e. The predicted octanol–water partition coefficient (Wildman–Crippen LogP) is 4.68. The molecule has 9 nitrogen and oxygen atoms in total. The van der Waals surface area contributed by atoms with Crippen LogP contribution in [0.15, 0.2) is 76.0 Å². The van der Waals surface area contributed by atoms with Crippen LogP contribution in [0.3, 0.4) is 0 Å². The first-order valence-electron chi connectivity index (χ1n) is 11.9. The number of carbonyl (C=O) groups excluding carboxylic acids is 4. The fourth-order valence-electron chi connectivity index (χ4n) is 4.28. The van der Waals surface area contributed by atoms with Gasteiger partial charge in [-0.2, -0.15) is 0 Å². The Morgan fingerprint density at radius 2 is 1.72 bits per heavy atom. The zero-order valence-electron chi connectivity index (χ0n) is 21.8. The third-order valence-corrected chi connectivity index (χ3v) is 6.16. The van der Waals surface area contributed by atoms with Gasteiger partial charge in [-0.05, 0) is 74.4 Å². The molecule has 1 aliphatic heterocycles. The fourth-order valence-corrected chi connectivity index (χ4v) is 4.47. The maximum atomic E-state index is 13.3. The number of halogens is 1. The first-order chi connectivity index (χ1) is 18.6. The van der Waals surface area contributed by atoms with Crippen molar-refractivity contribution in [3.8, 4) is 0 Å². The van der Waals surface area contributed by atoms with E-state index in [4.69, 9.17) is 20.8 Å².